The Kier molecular flexibility index (Phi) is 9.09. The number of ether oxygens (including phenoxy) is 3. The average molecular weight is 410 g/mol. The van der Waals surface area contributed by atoms with Crippen LogP contribution in [0.25, 0.3) is 12.2 Å². The molecule has 2 aromatic rings. The highest BCUT2D eigenvalue weighted by molar-refractivity contribution is 5.70. The molecule has 0 spiro atoms. The third-order valence-corrected chi connectivity index (χ3v) is 4.85. The number of carbonyl (C=O) groups excluding carboxylic acids is 1. The molecule has 5 nitrogen and oxygen atoms in total. The van der Waals surface area contributed by atoms with Crippen molar-refractivity contribution in [2.24, 2.45) is 0 Å². The lowest BCUT2D eigenvalue weighted by atomic mass is 10.1. The number of carbonyl (C=O) groups is 1. The van der Waals surface area contributed by atoms with Crippen molar-refractivity contribution < 1.29 is 19.0 Å². The monoisotopic (exact) mass is 409 g/mol. The molecule has 1 fully saturated rings. The Labute approximate surface area is 179 Å². The van der Waals surface area contributed by atoms with Crippen molar-refractivity contribution in [1.82, 2.24) is 5.32 Å². The zero-order valence-corrected chi connectivity index (χ0v) is 17.6. The van der Waals surface area contributed by atoms with Gasteiger partial charge in [0.05, 0.1) is 19.8 Å². The molecular weight excluding hydrogens is 378 g/mol. The van der Waals surface area contributed by atoms with Crippen LogP contribution in [0.1, 0.15) is 54.7 Å². The molecule has 0 aromatic heterocycles. The number of hydrogen-bond donors (Lipinski definition) is 1. The van der Waals surface area contributed by atoms with E-state index >= 15 is 0 Å². The third-order valence-electron chi connectivity index (χ3n) is 4.85. The van der Waals surface area contributed by atoms with Crippen molar-refractivity contribution in [2.45, 2.75) is 39.0 Å². The van der Waals surface area contributed by atoms with Crippen LogP contribution in [0.3, 0.4) is 0 Å². The Balaban J connectivity index is 1.41. The molecule has 1 heterocycles. The number of hydrogen-bond acceptors (Lipinski definition) is 5. The SMILES string of the molecule is CCOC(=O)CCCNCc1ccc(/C=C/c2ccc(C3OCCCO3)cc2)cc1. The van der Waals surface area contributed by atoms with Gasteiger partial charge in [-0.3, -0.25) is 4.79 Å². The summed E-state index contributed by atoms with van der Waals surface area (Å²) < 4.78 is 16.2. The molecule has 5 heteroatoms. The first-order chi connectivity index (χ1) is 14.7. The van der Waals surface area contributed by atoms with Crippen molar-refractivity contribution in [3.05, 3.63) is 70.8 Å². The van der Waals surface area contributed by atoms with Gasteiger partial charge in [-0.2, -0.15) is 0 Å². The standard InChI is InChI=1S/C25H31NO4/c1-2-28-24(27)5-3-16-26-19-22-10-8-20(9-11-22)6-7-21-12-14-23(15-13-21)25-29-17-4-18-30-25/h6-15,25-26H,2-5,16-19H2,1H3/b7-6+. The van der Waals surface area contributed by atoms with Gasteiger partial charge in [-0.25, -0.2) is 0 Å². The van der Waals surface area contributed by atoms with Crippen LogP contribution < -0.4 is 5.32 Å². The van der Waals surface area contributed by atoms with Crippen molar-refractivity contribution in [3.63, 3.8) is 0 Å². The van der Waals surface area contributed by atoms with E-state index in [1.807, 2.05) is 6.92 Å². The summed E-state index contributed by atoms with van der Waals surface area (Å²) in [6.45, 7) is 5.38. The molecular formula is C25H31NO4. The molecule has 0 aliphatic carbocycles. The minimum Gasteiger partial charge on any atom is -0.466 e. The quantitative estimate of drug-likeness (QED) is 0.349. The Bertz CT molecular complexity index is 793. The van der Waals surface area contributed by atoms with E-state index in [0.29, 0.717) is 13.0 Å². The lowest BCUT2D eigenvalue weighted by Crippen LogP contribution is -2.17. The normalized spacial score (nSPS) is 14.8. The smallest absolute Gasteiger partial charge is 0.305 e. The first kappa shape index (κ1) is 22.2. The largest absolute Gasteiger partial charge is 0.466 e. The Morgan fingerprint density at radius 1 is 1.03 bits per heavy atom. The minimum atomic E-state index is -0.233. The topological polar surface area (TPSA) is 56.8 Å². The second kappa shape index (κ2) is 12.3. The van der Waals surface area contributed by atoms with Crippen molar-refractivity contribution in [3.8, 4) is 0 Å². The fraction of sp³-hybridized carbons (Fsp3) is 0.400. The van der Waals surface area contributed by atoms with Gasteiger partial charge in [-0.1, -0.05) is 60.7 Å². The summed E-state index contributed by atoms with van der Waals surface area (Å²) in [4.78, 5) is 11.3. The first-order valence-electron chi connectivity index (χ1n) is 10.7. The maximum Gasteiger partial charge on any atom is 0.305 e. The molecule has 1 aliphatic heterocycles. The van der Waals surface area contributed by atoms with Crippen LogP contribution in [0.2, 0.25) is 0 Å². The van der Waals surface area contributed by atoms with E-state index in [0.717, 1.165) is 55.8 Å². The highest BCUT2D eigenvalue weighted by atomic mass is 16.7. The molecule has 30 heavy (non-hydrogen) atoms. The lowest BCUT2D eigenvalue weighted by molar-refractivity contribution is -0.183. The molecule has 0 saturated carbocycles. The molecule has 160 valence electrons. The van der Waals surface area contributed by atoms with E-state index < -0.39 is 0 Å². The summed E-state index contributed by atoms with van der Waals surface area (Å²) in [6.07, 6.45) is 6.20. The third kappa shape index (κ3) is 7.41. The van der Waals surface area contributed by atoms with Crippen LogP contribution >= 0.6 is 0 Å². The molecule has 1 aliphatic rings. The summed E-state index contributed by atoms with van der Waals surface area (Å²) >= 11 is 0. The molecule has 1 saturated heterocycles. The van der Waals surface area contributed by atoms with Crippen LogP contribution in [-0.2, 0) is 25.5 Å². The van der Waals surface area contributed by atoms with Crippen LogP contribution in [-0.4, -0.2) is 32.3 Å². The molecule has 1 N–H and O–H groups in total. The van der Waals surface area contributed by atoms with Gasteiger partial charge in [-0.05, 0) is 43.0 Å². The number of nitrogens with one attached hydrogen (secondary N) is 1. The first-order valence-corrected chi connectivity index (χ1v) is 10.7. The highest BCUT2D eigenvalue weighted by Crippen LogP contribution is 2.23. The van der Waals surface area contributed by atoms with Crippen LogP contribution in [0.4, 0.5) is 0 Å². The summed E-state index contributed by atoms with van der Waals surface area (Å²) in [6, 6.07) is 16.8. The fourth-order valence-electron chi connectivity index (χ4n) is 3.21. The maximum atomic E-state index is 11.3. The van der Waals surface area contributed by atoms with Gasteiger partial charge in [0, 0.05) is 18.5 Å². The number of rotatable bonds is 10. The molecule has 2 aromatic carbocycles. The summed E-state index contributed by atoms with van der Waals surface area (Å²) in [7, 11) is 0. The predicted molar refractivity (Wildman–Crippen MR) is 119 cm³/mol. The van der Waals surface area contributed by atoms with Crippen LogP contribution in [0.5, 0.6) is 0 Å². The van der Waals surface area contributed by atoms with Crippen molar-refractivity contribution >= 4 is 18.1 Å². The summed E-state index contributed by atoms with van der Waals surface area (Å²) in [5.41, 5.74) is 4.58. The lowest BCUT2D eigenvalue weighted by Gasteiger charge is -2.23. The zero-order chi connectivity index (χ0) is 21.0. The molecule has 0 atom stereocenters. The molecule has 0 bridgehead atoms. The Morgan fingerprint density at radius 3 is 2.30 bits per heavy atom. The van der Waals surface area contributed by atoms with Crippen LogP contribution in [0, 0.1) is 0 Å². The van der Waals surface area contributed by atoms with E-state index in [9.17, 15) is 4.79 Å². The average Bonchev–Trinajstić information content (AvgIpc) is 2.79. The van der Waals surface area contributed by atoms with Gasteiger partial charge >= 0.3 is 5.97 Å². The fourth-order valence-corrected chi connectivity index (χ4v) is 3.21. The molecule has 0 amide bonds. The minimum absolute atomic E-state index is 0.124. The van der Waals surface area contributed by atoms with Gasteiger partial charge < -0.3 is 19.5 Å². The predicted octanol–water partition coefficient (Wildman–Crippen LogP) is 4.73. The summed E-state index contributed by atoms with van der Waals surface area (Å²) in [5, 5.41) is 3.36. The number of benzene rings is 2. The van der Waals surface area contributed by atoms with E-state index in [4.69, 9.17) is 14.2 Å². The van der Waals surface area contributed by atoms with E-state index in [1.165, 1.54) is 5.56 Å². The van der Waals surface area contributed by atoms with Gasteiger partial charge in [-0.15, -0.1) is 0 Å². The maximum absolute atomic E-state index is 11.3. The second-order valence-electron chi connectivity index (χ2n) is 7.25. The Morgan fingerprint density at radius 2 is 1.67 bits per heavy atom. The van der Waals surface area contributed by atoms with E-state index in [1.54, 1.807) is 0 Å². The highest BCUT2D eigenvalue weighted by Gasteiger charge is 2.15. The Hall–Kier alpha value is -2.47. The van der Waals surface area contributed by atoms with Gasteiger partial charge in [0.15, 0.2) is 6.29 Å². The van der Waals surface area contributed by atoms with Crippen molar-refractivity contribution in [1.29, 1.82) is 0 Å². The molecule has 0 radical (unpaired) electrons. The van der Waals surface area contributed by atoms with Gasteiger partial charge in [0.25, 0.3) is 0 Å². The second-order valence-corrected chi connectivity index (χ2v) is 7.25. The number of esters is 1. The van der Waals surface area contributed by atoms with Gasteiger partial charge in [0.1, 0.15) is 0 Å². The van der Waals surface area contributed by atoms with Gasteiger partial charge in [0.2, 0.25) is 0 Å². The summed E-state index contributed by atoms with van der Waals surface area (Å²) in [5.74, 6) is -0.124. The molecule has 0 unspecified atom stereocenters. The van der Waals surface area contributed by atoms with E-state index in [-0.39, 0.29) is 12.3 Å². The van der Waals surface area contributed by atoms with Crippen molar-refractivity contribution in [2.75, 3.05) is 26.4 Å². The van der Waals surface area contributed by atoms with Crippen LogP contribution in [0.15, 0.2) is 48.5 Å². The van der Waals surface area contributed by atoms with E-state index in [2.05, 4.69) is 66.0 Å². The zero-order valence-electron chi connectivity index (χ0n) is 17.6. The molecule has 3 rings (SSSR count).